The third-order valence-electron chi connectivity index (χ3n) is 9.07. The molecule has 0 spiro atoms. The normalized spacial score (nSPS) is 15.9. The Bertz CT molecular complexity index is 1880. The minimum Gasteiger partial charge on any atom is -0.662 e. The van der Waals surface area contributed by atoms with E-state index in [-0.39, 0.29) is 36.0 Å². The Labute approximate surface area is 587 Å². The van der Waals surface area contributed by atoms with Gasteiger partial charge in [0.05, 0.1) is 0 Å². The number of hydrogen-bond acceptors (Lipinski definition) is 21. The second kappa shape index (κ2) is 42.1. The van der Waals surface area contributed by atoms with Gasteiger partial charge in [0, 0.05) is 21.3 Å². The van der Waals surface area contributed by atoms with Crippen LogP contribution in [0.25, 0.3) is 0 Å². The summed E-state index contributed by atoms with van der Waals surface area (Å²) in [5, 5.41) is 8.43. The van der Waals surface area contributed by atoms with Crippen LogP contribution >= 0.6 is 22.2 Å². The molecule has 524 valence electrons. The van der Waals surface area contributed by atoms with Crippen LogP contribution in [0.1, 0.15) is 13.8 Å². The predicted octanol–water partition coefficient (Wildman–Crippen LogP) is 10.9. The molecule has 1 heterocycles. The van der Waals surface area contributed by atoms with Crippen molar-refractivity contribution in [2.75, 3.05) is 21.3 Å². The van der Waals surface area contributed by atoms with Crippen LogP contribution in [-0.4, -0.2) is 182 Å². The summed E-state index contributed by atoms with van der Waals surface area (Å²) in [7, 11) is -32.4. The summed E-state index contributed by atoms with van der Waals surface area (Å²) in [5.41, 5.74) is 12.7. The molecule has 0 aromatic rings. The molecule has 3 N–H and O–H groups in total. The van der Waals surface area contributed by atoms with Crippen molar-refractivity contribution in [2.24, 2.45) is 5.73 Å². The molecule has 88 heavy (non-hydrogen) atoms. The molecule has 1 fully saturated rings. The molecule has 1 rings (SSSR count). The zero-order chi connectivity index (χ0) is 71.6. The molecule has 1 aliphatic rings. The van der Waals surface area contributed by atoms with Crippen LogP contribution < -0.4 is 40.5 Å². The van der Waals surface area contributed by atoms with Gasteiger partial charge in [0.25, 0.3) is 14.1 Å². The number of hydrogen-bond donors (Lipinski definition) is 2. The van der Waals surface area contributed by atoms with Crippen molar-refractivity contribution in [3.05, 3.63) is 49.1 Å². The second-order valence-electron chi connectivity index (χ2n) is 27.9. The van der Waals surface area contributed by atoms with Gasteiger partial charge in [0.2, 0.25) is 0 Å². The van der Waals surface area contributed by atoms with Crippen molar-refractivity contribution >= 4 is 172 Å². The van der Waals surface area contributed by atoms with E-state index in [1.807, 2.05) is 141 Å². The average molecular weight is 1600 g/mol. The molecule has 0 aromatic carbocycles. The summed E-state index contributed by atoms with van der Waals surface area (Å²) >= 11 is 12.0. The fourth-order valence-electron chi connectivity index (χ4n) is 8.24. The first kappa shape index (κ1) is 104. The molecule has 21 nitrogen and oxygen atoms in total. The largest absolute Gasteiger partial charge is 1.00 e. The van der Waals surface area contributed by atoms with Gasteiger partial charge in [-0.25, -0.2) is 0 Å². The van der Waals surface area contributed by atoms with E-state index in [4.69, 9.17) is 105 Å². The summed E-state index contributed by atoms with van der Waals surface area (Å²) in [6, 6.07) is 0.333. The maximum absolute atomic E-state index is 9.87. The molecule has 1 saturated heterocycles. The minimum atomic E-state index is -3.18. The van der Waals surface area contributed by atoms with Gasteiger partial charge >= 0.3 is 133 Å². The fourth-order valence-corrected chi connectivity index (χ4v) is 78.1. The monoisotopic (exact) mass is 1600 g/mol. The first-order valence-corrected chi connectivity index (χ1v) is 78.3. The molecule has 0 atom stereocenters. The standard InChI is InChI=1S/C13H36O7Si5.C10H27ClO3Si4.C10H28O4Si4.C6H18O3Si3.C4H9ClSi.C3H9N.CH2O3.Na/c1-13-21(5,6)17-22(7,8)18-23(9,10)19-24(11,12)20-25(14-2,15-3)16-4;2*1-10-15(2,3)12-17(6,7)14-18(8,9)13-16(4,5)11;1-10(2)7-11(3,4)9-12(5,6)8-10;1-4-6(2,3)5;1-3(2)4;2-1-4-3;/h13H,1H2,2-12H3;10H,1H2,2-9H3;10-11H,1H2,2-9H3;1-6H3;4H,1H2,2-3H3;3H,4H2,1-2H3;1,3H;/q;;;;;;;+1/p-1. The number of halogens is 2. The molecular formula is C47H128Cl2NNaO20Si17. The van der Waals surface area contributed by atoms with Crippen molar-refractivity contribution in [1.82, 2.24) is 0 Å². The predicted molar refractivity (Wildman–Crippen MR) is 402 cm³/mol. The summed E-state index contributed by atoms with van der Waals surface area (Å²) in [4.78, 5) is 21.1. The van der Waals surface area contributed by atoms with Gasteiger partial charge in [-0.1, -0.05) is 49.7 Å². The zero-order valence-electron chi connectivity index (χ0n) is 62.3. The third-order valence-corrected chi connectivity index (χ3v) is 66.2. The van der Waals surface area contributed by atoms with Gasteiger partial charge in [-0.2, -0.15) is 11.1 Å². The van der Waals surface area contributed by atoms with Gasteiger partial charge in [0.1, 0.15) is 0 Å². The fraction of sp³-hybridized carbons (Fsp3) is 0.809. The van der Waals surface area contributed by atoms with Crippen LogP contribution in [-0.2, 0) is 76.5 Å². The van der Waals surface area contributed by atoms with E-state index < -0.39 is 143 Å². The number of rotatable bonds is 28. The zero-order valence-corrected chi connectivity index (χ0v) is 82.8. The van der Waals surface area contributed by atoms with Gasteiger partial charge in [-0.05, 0) is 202 Å². The smallest absolute Gasteiger partial charge is 0.662 e. The molecule has 0 amide bonds. The summed E-state index contributed by atoms with van der Waals surface area (Å²) < 4.78 is 95.1. The Kier molecular flexibility index (Phi) is 50.0. The van der Waals surface area contributed by atoms with Crippen LogP contribution in [0, 0.1) is 0 Å². The van der Waals surface area contributed by atoms with Gasteiger partial charge in [0.15, 0.2) is 32.3 Å². The first-order valence-electron chi connectivity index (χ1n) is 28.7. The van der Waals surface area contributed by atoms with E-state index in [9.17, 15) is 4.80 Å². The first-order chi connectivity index (χ1) is 37.8. The van der Waals surface area contributed by atoms with Crippen molar-refractivity contribution in [2.45, 2.75) is 229 Å². The van der Waals surface area contributed by atoms with Crippen molar-refractivity contribution in [3.63, 3.8) is 0 Å². The summed E-state index contributed by atoms with van der Waals surface area (Å²) in [6.45, 7) is 83.6. The summed E-state index contributed by atoms with van der Waals surface area (Å²) in [5.74, 6) is 0. The van der Waals surface area contributed by atoms with Crippen LogP contribution in [0.2, 0.25) is 210 Å². The Morgan fingerprint density at radius 3 is 0.773 bits per heavy atom. The number of carbonyl (C=O) groups is 1. The molecule has 0 aliphatic carbocycles. The molecule has 0 aromatic heterocycles. The minimum absolute atomic E-state index is 0. The van der Waals surface area contributed by atoms with Crippen molar-refractivity contribution in [1.29, 1.82) is 0 Å². The molecular weight excluding hydrogens is 1470 g/mol. The quantitative estimate of drug-likeness (QED) is 0.0243. The molecule has 0 radical (unpaired) electrons. The Morgan fingerprint density at radius 1 is 0.432 bits per heavy atom. The van der Waals surface area contributed by atoms with E-state index in [1.54, 1.807) is 13.1 Å². The van der Waals surface area contributed by atoms with E-state index in [1.165, 1.54) is 21.3 Å². The number of carbonyl (C=O) groups excluding carboxylic acids is 1. The van der Waals surface area contributed by atoms with Crippen LogP contribution in [0.5, 0.6) is 0 Å². The van der Waals surface area contributed by atoms with Crippen LogP contribution in [0.4, 0.5) is 0 Å². The summed E-state index contributed by atoms with van der Waals surface area (Å²) in [6.07, 6.45) is 0. The van der Waals surface area contributed by atoms with Crippen LogP contribution in [0.15, 0.2) is 49.1 Å². The molecule has 41 heteroatoms. The van der Waals surface area contributed by atoms with Gasteiger partial charge in [-0.3, -0.25) is 4.79 Å². The molecule has 0 bridgehead atoms. The van der Waals surface area contributed by atoms with Gasteiger partial charge < -0.3 is 87.4 Å². The molecule has 0 saturated carbocycles. The van der Waals surface area contributed by atoms with Gasteiger partial charge in [-0.15, -0.1) is 37.4 Å². The maximum atomic E-state index is 9.87. The number of nitrogens with two attached hydrogens (primary N) is 1. The van der Waals surface area contributed by atoms with Crippen molar-refractivity contribution in [3.8, 4) is 0 Å². The third kappa shape index (κ3) is 64.9. The Hall–Kier alpha value is 2.94. The average Bonchev–Trinajstić information content (AvgIpc) is 3.19. The Balaban J connectivity index is -0.000000187. The van der Waals surface area contributed by atoms with E-state index in [0.717, 1.165) is 0 Å². The van der Waals surface area contributed by atoms with E-state index in [2.05, 4.69) is 123 Å². The van der Waals surface area contributed by atoms with Crippen molar-refractivity contribution < 1.29 is 116 Å². The second-order valence-corrected chi connectivity index (χ2v) is 94.4. The van der Waals surface area contributed by atoms with E-state index in [0.29, 0.717) is 6.04 Å². The SMILES string of the molecule is C=C[Si](C)(C)Cl.C=C[Si](C)(C)O[Si](C)(C)O[Si](C)(C)O[Si](C)(C)Cl.C=C[Si](C)(C)O[Si](C)(C)O[Si](C)(C)O[Si](C)(C)O.C=C[Si](C)(C)O[Si](C)(C)O[Si](C)(C)O[Si](C)(C)O[Si](OC)(OC)OC.CC(C)N.C[Si]1(C)O[Si](C)(C)O[Si](C)(C)O1.O=CO[O-].[Na+]. The maximum Gasteiger partial charge on any atom is 1.00 e. The van der Waals surface area contributed by atoms with E-state index >= 15 is 0 Å². The Morgan fingerprint density at radius 2 is 0.614 bits per heavy atom. The molecule has 1 aliphatic heterocycles. The topological polar surface area (TPSA) is 243 Å². The molecule has 0 unspecified atom stereocenters. The van der Waals surface area contributed by atoms with Crippen LogP contribution in [0.3, 0.4) is 0 Å².